The largest absolute Gasteiger partial charge is 0.495 e. The molecule has 4 aromatic rings. The molecule has 0 saturated carbocycles. The Morgan fingerprint density at radius 2 is 1.38 bits per heavy atom. The number of para-hydroxylation sites is 2. The Morgan fingerprint density at radius 3 is 2.17 bits per heavy atom. The van der Waals surface area contributed by atoms with Gasteiger partial charge < -0.3 is 30.1 Å². The van der Waals surface area contributed by atoms with Crippen molar-refractivity contribution in [1.82, 2.24) is 4.90 Å². The maximum absolute atomic E-state index is 13.9. The molecule has 0 atom stereocenters. The normalized spacial score (nSPS) is 15.4. The van der Waals surface area contributed by atoms with E-state index in [2.05, 4.69) is 26.5 Å². The van der Waals surface area contributed by atoms with Gasteiger partial charge in [0.1, 0.15) is 5.75 Å². The van der Waals surface area contributed by atoms with E-state index in [1.165, 1.54) is 0 Å². The Bertz CT molecular complexity index is 1570. The molecule has 2 N–H and O–H groups in total. The molecule has 42 heavy (non-hydrogen) atoms. The first-order valence-electron chi connectivity index (χ1n) is 14.7. The Labute approximate surface area is 246 Å². The van der Waals surface area contributed by atoms with Gasteiger partial charge in [-0.3, -0.25) is 4.79 Å². The number of piperazine rings is 1. The zero-order valence-corrected chi connectivity index (χ0v) is 24.0. The van der Waals surface area contributed by atoms with Gasteiger partial charge in [0.05, 0.1) is 24.0 Å². The standard InChI is InChI=1S/C34H37N5O3/c1-42-32-15-6-5-14-31(32)38-22-20-37(21-23-38)30-17-16-26(24-28(30)33(40)39-18-7-2-8-19-39)35-34(41)36-29-13-9-11-25-10-3-4-12-27(25)29/h3-6,9-17,24H,2,7-8,18-23H2,1H3,(H2,35,36,41). The van der Waals surface area contributed by atoms with Gasteiger partial charge in [0.15, 0.2) is 0 Å². The van der Waals surface area contributed by atoms with Gasteiger partial charge in [0, 0.05) is 56.0 Å². The third-order valence-corrected chi connectivity index (χ3v) is 8.21. The average molecular weight is 564 g/mol. The highest BCUT2D eigenvalue weighted by atomic mass is 16.5. The van der Waals surface area contributed by atoms with E-state index in [0.717, 1.165) is 92.1 Å². The van der Waals surface area contributed by atoms with Crippen LogP contribution >= 0.6 is 0 Å². The van der Waals surface area contributed by atoms with Gasteiger partial charge in [-0.2, -0.15) is 0 Å². The molecule has 0 unspecified atom stereocenters. The SMILES string of the molecule is COc1ccccc1N1CCN(c2ccc(NC(=O)Nc3cccc4ccccc34)cc2C(=O)N2CCCCC2)CC1. The fourth-order valence-corrected chi connectivity index (χ4v) is 6.03. The molecule has 2 aliphatic rings. The van der Waals surface area contributed by atoms with Crippen LogP contribution in [-0.2, 0) is 0 Å². The molecule has 0 spiro atoms. The lowest BCUT2D eigenvalue weighted by Gasteiger charge is -2.39. The van der Waals surface area contributed by atoms with Crippen LogP contribution in [0.3, 0.4) is 0 Å². The number of methoxy groups -OCH3 is 1. The van der Waals surface area contributed by atoms with E-state index in [0.29, 0.717) is 11.3 Å². The van der Waals surface area contributed by atoms with E-state index in [1.807, 2.05) is 83.8 Å². The molecule has 2 saturated heterocycles. The maximum atomic E-state index is 13.9. The third-order valence-electron chi connectivity index (χ3n) is 8.21. The predicted octanol–water partition coefficient (Wildman–Crippen LogP) is 6.45. The molecule has 0 aromatic heterocycles. The fraction of sp³-hybridized carbons (Fsp3) is 0.294. The van der Waals surface area contributed by atoms with Crippen molar-refractivity contribution in [2.45, 2.75) is 19.3 Å². The number of carbonyl (C=O) groups is 2. The summed E-state index contributed by atoms with van der Waals surface area (Å²) in [6, 6.07) is 27.2. The quantitative estimate of drug-likeness (QED) is 0.282. The van der Waals surface area contributed by atoms with E-state index in [9.17, 15) is 9.59 Å². The van der Waals surface area contributed by atoms with Crippen molar-refractivity contribution in [3.8, 4) is 5.75 Å². The summed E-state index contributed by atoms with van der Waals surface area (Å²) in [7, 11) is 1.70. The zero-order valence-electron chi connectivity index (χ0n) is 24.0. The highest BCUT2D eigenvalue weighted by Crippen LogP contribution is 2.32. The van der Waals surface area contributed by atoms with Crippen LogP contribution in [0.2, 0.25) is 0 Å². The lowest BCUT2D eigenvalue weighted by Crippen LogP contribution is -2.47. The van der Waals surface area contributed by atoms with Crippen molar-refractivity contribution in [1.29, 1.82) is 0 Å². The number of nitrogens with zero attached hydrogens (tertiary/aromatic N) is 3. The van der Waals surface area contributed by atoms with Crippen LogP contribution in [0.5, 0.6) is 5.75 Å². The number of likely N-dealkylation sites (tertiary alicyclic amines) is 1. The van der Waals surface area contributed by atoms with Crippen molar-refractivity contribution in [2.24, 2.45) is 0 Å². The van der Waals surface area contributed by atoms with Gasteiger partial charge in [-0.25, -0.2) is 4.79 Å². The van der Waals surface area contributed by atoms with Gasteiger partial charge in [-0.1, -0.05) is 48.5 Å². The molecule has 3 amide bonds. The van der Waals surface area contributed by atoms with Gasteiger partial charge in [-0.05, 0) is 61.0 Å². The minimum atomic E-state index is -0.346. The summed E-state index contributed by atoms with van der Waals surface area (Å²) in [5, 5.41) is 7.97. The number of benzene rings is 4. The average Bonchev–Trinajstić information content (AvgIpc) is 3.05. The fourth-order valence-electron chi connectivity index (χ4n) is 6.03. The summed E-state index contributed by atoms with van der Waals surface area (Å²) < 4.78 is 5.59. The molecule has 2 fully saturated rings. The number of ether oxygens (including phenoxy) is 1. The number of hydrogen-bond acceptors (Lipinski definition) is 5. The summed E-state index contributed by atoms with van der Waals surface area (Å²) in [6.45, 7) is 4.69. The molecule has 0 aliphatic carbocycles. The van der Waals surface area contributed by atoms with Crippen LogP contribution in [0, 0.1) is 0 Å². The third kappa shape index (κ3) is 5.84. The monoisotopic (exact) mass is 563 g/mol. The second kappa shape index (κ2) is 12.4. The summed E-state index contributed by atoms with van der Waals surface area (Å²) in [5.41, 5.74) is 3.95. The first kappa shape index (κ1) is 27.4. The lowest BCUT2D eigenvalue weighted by molar-refractivity contribution is 0.0725. The van der Waals surface area contributed by atoms with E-state index in [4.69, 9.17) is 4.74 Å². The van der Waals surface area contributed by atoms with Gasteiger partial charge in [0.2, 0.25) is 0 Å². The molecule has 216 valence electrons. The number of rotatable bonds is 6. The van der Waals surface area contributed by atoms with E-state index < -0.39 is 0 Å². The number of nitrogens with one attached hydrogen (secondary N) is 2. The highest BCUT2D eigenvalue weighted by molar-refractivity contribution is 6.07. The van der Waals surface area contributed by atoms with Crippen LogP contribution in [-0.4, -0.2) is 63.2 Å². The summed E-state index contributed by atoms with van der Waals surface area (Å²) in [4.78, 5) is 33.5. The molecule has 2 aliphatic heterocycles. The van der Waals surface area contributed by atoms with Crippen LogP contribution in [0.25, 0.3) is 10.8 Å². The van der Waals surface area contributed by atoms with Crippen LogP contribution in [0.15, 0.2) is 84.9 Å². The molecule has 6 rings (SSSR count). The van der Waals surface area contributed by atoms with Crippen LogP contribution < -0.4 is 25.2 Å². The molecule has 0 bridgehead atoms. The van der Waals surface area contributed by atoms with E-state index >= 15 is 0 Å². The highest BCUT2D eigenvalue weighted by Gasteiger charge is 2.26. The minimum absolute atomic E-state index is 0.0231. The first-order valence-corrected chi connectivity index (χ1v) is 14.7. The second-order valence-electron chi connectivity index (χ2n) is 10.8. The summed E-state index contributed by atoms with van der Waals surface area (Å²) >= 11 is 0. The Balaban J connectivity index is 1.22. The number of piperidine rings is 1. The molecule has 0 radical (unpaired) electrons. The van der Waals surface area contributed by atoms with Crippen molar-refractivity contribution >= 4 is 45.5 Å². The number of fused-ring (bicyclic) bond motifs is 1. The Morgan fingerprint density at radius 1 is 0.690 bits per heavy atom. The molecule has 8 heteroatoms. The molecular formula is C34H37N5O3. The number of urea groups is 1. The maximum Gasteiger partial charge on any atom is 0.323 e. The molecular weight excluding hydrogens is 526 g/mol. The number of carbonyl (C=O) groups excluding carboxylic acids is 2. The predicted molar refractivity (Wildman–Crippen MR) is 170 cm³/mol. The van der Waals surface area contributed by atoms with E-state index in [1.54, 1.807) is 7.11 Å². The van der Waals surface area contributed by atoms with Crippen LogP contribution in [0.4, 0.5) is 27.5 Å². The van der Waals surface area contributed by atoms with Gasteiger partial charge in [0.25, 0.3) is 5.91 Å². The first-order chi connectivity index (χ1) is 20.6. The van der Waals surface area contributed by atoms with Crippen molar-refractivity contribution in [3.63, 3.8) is 0 Å². The molecule has 2 heterocycles. The van der Waals surface area contributed by atoms with Crippen LogP contribution in [0.1, 0.15) is 29.6 Å². The van der Waals surface area contributed by atoms with Crippen molar-refractivity contribution in [2.75, 3.05) is 66.8 Å². The molecule has 8 nitrogen and oxygen atoms in total. The van der Waals surface area contributed by atoms with Gasteiger partial charge >= 0.3 is 6.03 Å². The lowest BCUT2D eigenvalue weighted by atomic mass is 10.1. The van der Waals surface area contributed by atoms with E-state index in [-0.39, 0.29) is 11.9 Å². The Hall–Kier alpha value is -4.72. The number of hydrogen-bond donors (Lipinski definition) is 2. The Kier molecular flexibility index (Phi) is 8.12. The second-order valence-corrected chi connectivity index (χ2v) is 10.8. The minimum Gasteiger partial charge on any atom is -0.495 e. The smallest absolute Gasteiger partial charge is 0.323 e. The molecule has 4 aromatic carbocycles. The number of amides is 3. The van der Waals surface area contributed by atoms with Gasteiger partial charge in [-0.15, -0.1) is 0 Å². The number of anilines is 4. The zero-order chi connectivity index (χ0) is 28.9. The summed E-state index contributed by atoms with van der Waals surface area (Å²) in [5.74, 6) is 0.888. The topological polar surface area (TPSA) is 77.1 Å². The van der Waals surface area contributed by atoms with Crippen molar-refractivity contribution < 1.29 is 14.3 Å². The van der Waals surface area contributed by atoms with Crippen molar-refractivity contribution in [3.05, 3.63) is 90.5 Å². The summed E-state index contributed by atoms with van der Waals surface area (Å²) in [6.07, 6.45) is 3.19.